The van der Waals surface area contributed by atoms with Crippen LogP contribution < -0.4 is 4.74 Å². The zero-order valence-electron chi connectivity index (χ0n) is 13.1. The number of benzene rings is 1. The molecule has 0 bridgehead atoms. The van der Waals surface area contributed by atoms with Crippen molar-refractivity contribution < 1.29 is 14.3 Å². The summed E-state index contributed by atoms with van der Waals surface area (Å²) in [6.45, 7) is 0.403. The van der Waals surface area contributed by atoms with Crippen LogP contribution in [0.25, 0.3) is 6.08 Å². The lowest BCUT2D eigenvalue weighted by Crippen LogP contribution is -2.07. The standard InChI is InChI=1S/C16H21Cl3O3Si/c1-21-15-9-5-4-8-14(15)10-11-16(20)22-12-6-2-3-7-13-23(17,18)19/h4-5,8-11H,2-3,6-7,12-13H2,1H3/b11-10+. The van der Waals surface area contributed by atoms with Gasteiger partial charge in [0.1, 0.15) is 5.75 Å². The first-order valence-electron chi connectivity index (χ1n) is 7.47. The monoisotopic (exact) mass is 394 g/mol. The number of hydrogen-bond donors (Lipinski definition) is 0. The quantitative estimate of drug-likeness (QED) is 0.173. The maximum Gasteiger partial charge on any atom is 0.341 e. The molecule has 0 saturated carbocycles. The van der Waals surface area contributed by atoms with Crippen LogP contribution in [0, 0.1) is 0 Å². The molecule has 128 valence electrons. The Labute approximate surface area is 152 Å². The van der Waals surface area contributed by atoms with Gasteiger partial charge in [0.25, 0.3) is 0 Å². The van der Waals surface area contributed by atoms with E-state index in [0.29, 0.717) is 18.4 Å². The van der Waals surface area contributed by atoms with E-state index in [4.69, 9.17) is 42.7 Å². The summed E-state index contributed by atoms with van der Waals surface area (Å²) in [5.74, 6) is 0.360. The highest BCUT2D eigenvalue weighted by molar-refractivity contribution is 7.64. The fourth-order valence-corrected chi connectivity index (χ4v) is 3.82. The third-order valence-electron chi connectivity index (χ3n) is 3.14. The number of esters is 1. The van der Waals surface area contributed by atoms with Crippen LogP contribution in [-0.2, 0) is 9.53 Å². The molecular weight excluding hydrogens is 375 g/mol. The van der Waals surface area contributed by atoms with Gasteiger partial charge in [0.15, 0.2) is 0 Å². The van der Waals surface area contributed by atoms with Crippen LogP contribution in [0.1, 0.15) is 31.2 Å². The van der Waals surface area contributed by atoms with Gasteiger partial charge in [-0.3, -0.25) is 0 Å². The molecule has 1 aromatic rings. The van der Waals surface area contributed by atoms with Gasteiger partial charge in [-0.2, -0.15) is 0 Å². The second kappa shape index (κ2) is 11.0. The number of carbonyl (C=O) groups excluding carboxylic acids is 1. The van der Waals surface area contributed by atoms with E-state index in [1.807, 2.05) is 24.3 Å². The van der Waals surface area contributed by atoms with Crippen molar-refractivity contribution in [3.8, 4) is 5.75 Å². The van der Waals surface area contributed by atoms with Crippen LogP contribution in [0.3, 0.4) is 0 Å². The Morgan fingerprint density at radius 2 is 1.83 bits per heavy atom. The van der Waals surface area contributed by atoms with E-state index < -0.39 is 6.00 Å². The molecular formula is C16H21Cl3O3Si. The molecule has 23 heavy (non-hydrogen) atoms. The molecule has 0 unspecified atom stereocenters. The lowest BCUT2D eigenvalue weighted by molar-refractivity contribution is -0.137. The highest BCUT2D eigenvalue weighted by Crippen LogP contribution is 2.27. The molecule has 0 saturated heterocycles. The minimum Gasteiger partial charge on any atom is -0.496 e. The molecule has 0 N–H and O–H groups in total. The fraction of sp³-hybridized carbons (Fsp3) is 0.438. The largest absolute Gasteiger partial charge is 0.496 e. The first-order valence-corrected chi connectivity index (χ1v) is 12.7. The normalized spacial score (nSPS) is 11.7. The molecule has 0 aliphatic heterocycles. The van der Waals surface area contributed by atoms with Crippen molar-refractivity contribution in [2.45, 2.75) is 31.7 Å². The number of carbonyl (C=O) groups is 1. The number of methoxy groups -OCH3 is 1. The lowest BCUT2D eigenvalue weighted by atomic mass is 10.2. The first-order chi connectivity index (χ1) is 10.9. The molecule has 0 fully saturated rings. The van der Waals surface area contributed by atoms with Crippen LogP contribution in [-0.4, -0.2) is 25.7 Å². The summed E-state index contributed by atoms with van der Waals surface area (Å²) < 4.78 is 10.4. The van der Waals surface area contributed by atoms with Gasteiger partial charge < -0.3 is 9.47 Å². The Bertz CT molecular complexity index is 516. The molecule has 0 atom stereocenters. The Morgan fingerprint density at radius 3 is 2.52 bits per heavy atom. The minimum absolute atomic E-state index is 0.357. The number of rotatable bonds is 10. The fourth-order valence-electron chi connectivity index (χ4n) is 1.96. The SMILES string of the molecule is COc1ccccc1/C=C/C(=O)OCCCCCC[Si](Cl)(Cl)Cl. The minimum atomic E-state index is -2.48. The van der Waals surface area contributed by atoms with E-state index in [0.717, 1.165) is 31.2 Å². The third-order valence-corrected chi connectivity index (χ3v) is 5.76. The number of ether oxygens (including phenoxy) is 2. The van der Waals surface area contributed by atoms with E-state index >= 15 is 0 Å². The number of unbranched alkanes of at least 4 members (excludes halogenated alkanes) is 3. The van der Waals surface area contributed by atoms with Gasteiger partial charge in [0, 0.05) is 11.6 Å². The van der Waals surface area contributed by atoms with Gasteiger partial charge in [-0.1, -0.05) is 37.5 Å². The van der Waals surface area contributed by atoms with Gasteiger partial charge >= 0.3 is 12.0 Å². The number of halogens is 3. The highest BCUT2D eigenvalue weighted by Gasteiger charge is 2.23. The van der Waals surface area contributed by atoms with Crippen LogP contribution >= 0.6 is 33.2 Å². The van der Waals surface area contributed by atoms with Crippen molar-refractivity contribution in [3.05, 3.63) is 35.9 Å². The highest BCUT2D eigenvalue weighted by atomic mass is 35.8. The molecule has 7 heteroatoms. The average Bonchev–Trinajstić information content (AvgIpc) is 2.51. The van der Waals surface area contributed by atoms with E-state index in [1.54, 1.807) is 13.2 Å². The number of para-hydroxylation sites is 1. The van der Waals surface area contributed by atoms with Gasteiger partial charge in [0.05, 0.1) is 13.7 Å². The Morgan fingerprint density at radius 1 is 1.13 bits per heavy atom. The van der Waals surface area contributed by atoms with Crippen LogP contribution in [0.4, 0.5) is 0 Å². The molecule has 1 aromatic carbocycles. The summed E-state index contributed by atoms with van der Waals surface area (Å²) in [6.07, 6.45) is 6.76. The molecule has 0 amide bonds. The van der Waals surface area contributed by atoms with Crippen LogP contribution in [0.5, 0.6) is 5.75 Å². The second-order valence-corrected chi connectivity index (χ2v) is 14.3. The van der Waals surface area contributed by atoms with Gasteiger partial charge in [-0.05, 0) is 24.6 Å². The van der Waals surface area contributed by atoms with E-state index in [1.165, 1.54) is 6.08 Å². The van der Waals surface area contributed by atoms with Crippen LogP contribution in [0.15, 0.2) is 30.3 Å². The average molecular weight is 396 g/mol. The summed E-state index contributed by atoms with van der Waals surface area (Å²) in [6, 6.07) is 5.66. The van der Waals surface area contributed by atoms with Crippen molar-refractivity contribution in [2.24, 2.45) is 0 Å². The zero-order valence-corrected chi connectivity index (χ0v) is 16.3. The topological polar surface area (TPSA) is 35.5 Å². The Hall–Kier alpha value is -0.683. The van der Waals surface area contributed by atoms with E-state index in [9.17, 15) is 4.79 Å². The Balaban J connectivity index is 2.18. The summed E-state index contributed by atoms with van der Waals surface area (Å²) in [4.78, 5) is 11.6. The predicted octanol–water partition coefficient (Wildman–Crippen LogP) is 5.47. The molecule has 0 radical (unpaired) electrons. The second-order valence-electron chi connectivity index (χ2n) is 5.02. The van der Waals surface area contributed by atoms with Crippen molar-refractivity contribution in [1.82, 2.24) is 0 Å². The van der Waals surface area contributed by atoms with Gasteiger partial charge in [0.2, 0.25) is 0 Å². The maximum absolute atomic E-state index is 11.6. The summed E-state index contributed by atoms with van der Waals surface area (Å²) in [5.41, 5.74) is 0.836. The van der Waals surface area contributed by atoms with Crippen LogP contribution in [0.2, 0.25) is 6.04 Å². The van der Waals surface area contributed by atoms with E-state index in [2.05, 4.69) is 0 Å². The van der Waals surface area contributed by atoms with Crippen molar-refractivity contribution in [1.29, 1.82) is 0 Å². The molecule has 0 aliphatic carbocycles. The number of hydrogen-bond acceptors (Lipinski definition) is 3. The van der Waals surface area contributed by atoms with Crippen molar-refractivity contribution in [2.75, 3.05) is 13.7 Å². The van der Waals surface area contributed by atoms with Crippen molar-refractivity contribution >= 4 is 51.3 Å². The third kappa shape index (κ3) is 9.92. The molecule has 0 heterocycles. The summed E-state index contributed by atoms with van der Waals surface area (Å²) in [5, 5.41) is 0. The molecule has 1 rings (SSSR count). The van der Waals surface area contributed by atoms with E-state index in [-0.39, 0.29) is 5.97 Å². The van der Waals surface area contributed by atoms with Gasteiger partial charge in [-0.15, -0.1) is 33.2 Å². The molecule has 0 aromatic heterocycles. The maximum atomic E-state index is 11.6. The summed E-state index contributed by atoms with van der Waals surface area (Å²) >= 11 is 17.4. The van der Waals surface area contributed by atoms with Crippen molar-refractivity contribution in [3.63, 3.8) is 0 Å². The lowest BCUT2D eigenvalue weighted by Gasteiger charge is -2.07. The first kappa shape index (κ1) is 20.4. The summed E-state index contributed by atoms with van der Waals surface area (Å²) in [7, 11) is 1.59. The van der Waals surface area contributed by atoms with Gasteiger partial charge in [-0.25, -0.2) is 4.79 Å². The zero-order chi connectivity index (χ0) is 17.1. The Kier molecular flexibility index (Phi) is 9.71. The predicted molar refractivity (Wildman–Crippen MR) is 99.6 cm³/mol. The molecule has 3 nitrogen and oxygen atoms in total. The smallest absolute Gasteiger partial charge is 0.341 e. The molecule has 0 aliphatic rings. The molecule has 0 spiro atoms.